The summed E-state index contributed by atoms with van der Waals surface area (Å²) in [5.41, 5.74) is 2.64. The van der Waals surface area contributed by atoms with Gasteiger partial charge in [-0.25, -0.2) is 13.8 Å². The van der Waals surface area contributed by atoms with Crippen LogP contribution in [-0.4, -0.2) is 10.9 Å². The van der Waals surface area contributed by atoms with E-state index >= 15 is 0 Å². The average molecular weight is 390 g/mol. The number of anilines is 1. The molecule has 0 unspecified atom stereocenters. The number of aryl methyl sites for hydroxylation is 1. The third-order valence-corrected chi connectivity index (χ3v) is 5.50. The van der Waals surface area contributed by atoms with Crippen LogP contribution in [0.1, 0.15) is 16.3 Å². The molecular weight excluding hydrogens is 374 g/mol. The molecule has 0 atom stereocenters. The minimum atomic E-state index is -0.595. The van der Waals surface area contributed by atoms with Crippen LogP contribution < -0.4 is 5.32 Å². The highest BCUT2D eigenvalue weighted by Crippen LogP contribution is 2.26. The molecule has 7 heteroatoms. The van der Waals surface area contributed by atoms with Gasteiger partial charge in [0.15, 0.2) is 0 Å². The van der Waals surface area contributed by atoms with E-state index in [2.05, 4.69) is 10.3 Å². The number of benzene rings is 2. The number of aromatic nitrogens is 1. The van der Waals surface area contributed by atoms with Crippen LogP contribution in [0.5, 0.6) is 0 Å². The second-order valence-corrected chi connectivity index (χ2v) is 7.65. The van der Waals surface area contributed by atoms with Gasteiger partial charge in [-0.1, -0.05) is 17.7 Å². The lowest BCUT2D eigenvalue weighted by Gasteiger charge is -2.04. The van der Waals surface area contributed by atoms with Crippen LogP contribution in [0.2, 0.25) is 0 Å². The fourth-order valence-electron chi connectivity index (χ4n) is 2.22. The van der Waals surface area contributed by atoms with Gasteiger partial charge in [-0.2, -0.15) is 0 Å². The van der Waals surface area contributed by atoms with Crippen molar-refractivity contribution in [3.05, 3.63) is 75.7 Å². The summed E-state index contributed by atoms with van der Waals surface area (Å²) in [6.07, 6.45) is 0.189. The van der Waals surface area contributed by atoms with E-state index in [0.717, 1.165) is 23.0 Å². The van der Waals surface area contributed by atoms with Gasteiger partial charge in [0.1, 0.15) is 16.6 Å². The summed E-state index contributed by atoms with van der Waals surface area (Å²) in [5, 5.41) is 5.38. The number of rotatable bonds is 6. The van der Waals surface area contributed by atoms with Gasteiger partial charge >= 0.3 is 0 Å². The molecule has 1 amide bonds. The first kappa shape index (κ1) is 18.5. The van der Waals surface area contributed by atoms with E-state index in [-0.39, 0.29) is 12.3 Å². The number of amides is 1. The molecule has 3 aromatic rings. The number of nitrogens with zero attached hydrogens (tertiary/aromatic N) is 1. The first-order valence-electron chi connectivity index (χ1n) is 7.87. The molecule has 0 radical (unpaired) electrons. The van der Waals surface area contributed by atoms with Crippen LogP contribution in [0.3, 0.4) is 0 Å². The zero-order valence-corrected chi connectivity index (χ0v) is 15.6. The smallest absolute Gasteiger partial charge is 0.231 e. The highest BCUT2D eigenvalue weighted by Gasteiger charge is 2.10. The zero-order valence-electron chi connectivity index (χ0n) is 14.0. The molecule has 3 rings (SSSR count). The van der Waals surface area contributed by atoms with Crippen molar-refractivity contribution >= 4 is 34.7 Å². The van der Waals surface area contributed by atoms with Crippen LogP contribution >= 0.6 is 23.1 Å². The van der Waals surface area contributed by atoms with Gasteiger partial charge in [0.05, 0.1) is 12.1 Å². The van der Waals surface area contributed by atoms with Crippen molar-refractivity contribution in [2.24, 2.45) is 0 Å². The molecule has 1 N–H and O–H groups in total. The molecule has 0 saturated heterocycles. The van der Waals surface area contributed by atoms with Crippen LogP contribution in [0, 0.1) is 18.6 Å². The fraction of sp³-hybridized carbons (Fsp3) is 0.158. The van der Waals surface area contributed by atoms with E-state index < -0.39 is 11.6 Å². The second-order valence-electron chi connectivity index (χ2n) is 5.69. The van der Waals surface area contributed by atoms with Crippen LogP contribution in [0.25, 0.3) is 0 Å². The number of thioether (sulfide) groups is 1. The van der Waals surface area contributed by atoms with E-state index in [4.69, 9.17) is 0 Å². The maximum Gasteiger partial charge on any atom is 0.231 e. The zero-order chi connectivity index (χ0) is 18.5. The van der Waals surface area contributed by atoms with Crippen molar-refractivity contribution in [2.75, 3.05) is 5.32 Å². The second kappa shape index (κ2) is 8.42. The van der Waals surface area contributed by atoms with Gasteiger partial charge in [-0.05, 0) is 31.2 Å². The molecule has 134 valence electrons. The molecule has 26 heavy (non-hydrogen) atoms. The van der Waals surface area contributed by atoms with E-state index in [1.807, 2.05) is 36.6 Å². The van der Waals surface area contributed by atoms with Gasteiger partial charge in [0.25, 0.3) is 0 Å². The van der Waals surface area contributed by atoms with E-state index in [0.29, 0.717) is 15.7 Å². The SMILES string of the molecule is Cc1ccc(NC(=O)Cc2nc(CSc3ccc(F)cc3F)cs2)cc1. The predicted molar refractivity (Wildman–Crippen MR) is 102 cm³/mol. The third kappa shape index (κ3) is 5.12. The number of hydrogen-bond donors (Lipinski definition) is 1. The van der Waals surface area contributed by atoms with Crippen LogP contribution in [0.4, 0.5) is 14.5 Å². The number of carbonyl (C=O) groups is 1. The quantitative estimate of drug-likeness (QED) is 0.588. The van der Waals surface area contributed by atoms with E-state index in [9.17, 15) is 13.6 Å². The van der Waals surface area contributed by atoms with Crippen molar-refractivity contribution in [1.29, 1.82) is 0 Å². The number of nitrogens with one attached hydrogen (secondary N) is 1. The predicted octanol–water partition coefficient (Wildman–Crippen LogP) is 5.20. The monoisotopic (exact) mass is 390 g/mol. The van der Waals surface area contributed by atoms with Gasteiger partial charge in [0.2, 0.25) is 5.91 Å². The number of carbonyl (C=O) groups excluding carboxylic acids is 1. The fourth-order valence-corrected chi connectivity index (χ4v) is 3.93. The Morgan fingerprint density at radius 3 is 2.69 bits per heavy atom. The molecule has 2 aromatic carbocycles. The highest BCUT2D eigenvalue weighted by molar-refractivity contribution is 7.98. The Bertz CT molecular complexity index is 910. The summed E-state index contributed by atoms with van der Waals surface area (Å²) in [5.74, 6) is -0.851. The highest BCUT2D eigenvalue weighted by atomic mass is 32.2. The summed E-state index contributed by atoms with van der Waals surface area (Å²) in [4.78, 5) is 16.9. The summed E-state index contributed by atoms with van der Waals surface area (Å²) in [7, 11) is 0. The van der Waals surface area contributed by atoms with Crippen molar-refractivity contribution in [3.8, 4) is 0 Å². The Hall–Kier alpha value is -2.25. The Morgan fingerprint density at radius 1 is 1.19 bits per heavy atom. The molecule has 3 nitrogen and oxygen atoms in total. The van der Waals surface area contributed by atoms with Gasteiger partial charge in [0, 0.05) is 27.8 Å². The normalized spacial score (nSPS) is 10.7. The van der Waals surface area contributed by atoms with Gasteiger partial charge < -0.3 is 5.32 Å². The maximum absolute atomic E-state index is 13.6. The lowest BCUT2D eigenvalue weighted by atomic mass is 10.2. The molecule has 0 aliphatic heterocycles. The molecule has 0 fully saturated rings. The number of hydrogen-bond acceptors (Lipinski definition) is 4. The summed E-state index contributed by atoms with van der Waals surface area (Å²) < 4.78 is 26.5. The Morgan fingerprint density at radius 2 is 1.96 bits per heavy atom. The molecule has 0 bridgehead atoms. The Labute approximate surface area is 158 Å². The van der Waals surface area contributed by atoms with Crippen molar-refractivity contribution in [2.45, 2.75) is 24.0 Å². The summed E-state index contributed by atoms with van der Waals surface area (Å²) >= 11 is 2.64. The lowest BCUT2D eigenvalue weighted by molar-refractivity contribution is -0.115. The topological polar surface area (TPSA) is 42.0 Å². The largest absolute Gasteiger partial charge is 0.326 e. The van der Waals surface area contributed by atoms with E-state index in [1.165, 1.54) is 35.2 Å². The van der Waals surface area contributed by atoms with Crippen LogP contribution in [0.15, 0.2) is 52.7 Å². The Balaban J connectivity index is 1.54. The first-order chi connectivity index (χ1) is 12.5. The minimum absolute atomic E-state index is 0.132. The number of thiazole rings is 1. The standard InChI is InChI=1S/C19H16F2N2OS2/c1-12-2-5-14(6-3-12)22-18(24)9-19-23-15(11-26-19)10-25-17-7-4-13(20)8-16(17)21/h2-8,11H,9-10H2,1H3,(H,22,24). The summed E-state index contributed by atoms with van der Waals surface area (Å²) in [6, 6.07) is 11.1. The first-order valence-corrected chi connectivity index (χ1v) is 9.74. The maximum atomic E-state index is 13.6. The van der Waals surface area contributed by atoms with Crippen LogP contribution in [-0.2, 0) is 17.0 Å². The molecule has 0 aliphatic carbocycles. The molecular formula is C19H16F2N2OS2. The van der Waals surface area contributed by atoms with Crippen molar-refractivity contribution < 1.29 is 13.6 Å². The molecule has 0 aliphatic rings. The molecule has 1 heterocycles. The summed E-state index contributed by atoms with van der Waals surface area (Å²) in [6.45, 7) is 1.98. The lowest BCUT2D eigenvalue weighted by Crippen LogP contribution is -2.14. The third-order valence-electron chi connectivity index (χ3n) is 3.52. The average Bonchev–Trinajstić information content (AvgIpc) is 3.03. The van der Waals surface area contributed by atoms with Crippen molar-refractivity contribution in [3.63, 3.8) is 0 Å². The molecule has 0 spiro atoms. The molecule has 1 aromatic heterocycles. The van der Waals surface area contributed by atoms with E-state index in [1.54, 1.807) is 0 Å². The minimum Gasteiger partial charge on any atom is -0.326 e. The Kier molecular flexibility index (Phi) is 6.00. The van der Waals surface area contributed by atoms with Gasteiger partial charge in [-0.3, -0.25) is 4.79 Å². The van der Waals surface area contributed by atoms with Crippen molar-refractivity contribution in [1.82, 2.24) is 4.98 Å². The number of halogens is 2. The molecule has 0 saturated carbocycles. The van der Waals surface area contributed by atoms with Gasteiger partial charge in [-0.15, -0.1) is 23.1 Å².